The Morgan fingerprint density at radius 2 is 1.94 bits per heavy atom. The molecule has 1 aromatic heterocycles. The van der Waals surface area contributed by atoms with Crippen LogP contribution in [0.4, 0.5) is 0 Å². The predicted molar refractivity (Wildman–Crippen MR) is 68.7 cm³/mol. The first-order valence-corrected chi connectivity index (χ1v) is 6.82. The Bertz CT molecular complexity index is 428. The van der Waals surface area contributed by atoms with Gasteiger partial charge >= 0.3 is 0 Å². The molecule has 0 aliphatic heterocycles. The molecule has 0 radical (unpaired) electrons. The number of nitrogens with zero attached hydrogens (tertiary/aromatic N) is 2. The van der Waals surface area contributed by atoms with Crippen LogP contribution in [0, 0.1) is 0 Å². The molecule has 5 heteroatoms. The number of aromatic nitrogens is 2. The van der Waals surface area contributed by atoms with E-state index in [-0.39, 0.29) is 0 Å². The number of rotatable bonds is 5. The lowest BCUT2D eigenvalue weighted by atomic mass is 10.4. The van der Waals surface area contributed by atoms with Gasteiger partial charge in [-0.3, -0.25) is 0 Å². The molecule has 0 atom stereocenters. The first kappa shape index (κ1) is 11.6. The minimum Gasteiger partial charge on any atom is -0.313 e. The maximum Gasteiger partial charge on any atom is 0.131 e. The number of thioether (sulfide) groups is 1. The Kier molecular flexibility index (Phi) is 4.33. The number of benzene rings is 1. The molecule has 0 aliphatic rings. The molecule has 1 N–H and O–H groups in total. The van der Waals surface area contributed by atoms with Crippen LogP contribution in [0.5, 0.6) is 0 Å². The summed E-state index contributed by atoms with van der Waals surface area (Å²) in [6.07, 6.45) is 0. The quantitative estimate of drug-likeness (QED) is 0.829. The van der Waals surface area contributed by atoms with E-state index in [9.17, 15) is 0 Å². The molecule has 0 saturated heterocycles. The van der Waals surface area contributed by atoms with Gasteiger partial charge in [-0.2, -0.15) is 0 Å². The molecule has 84 valence electrons. The third-order valence-corrected chi connectivity index (χ3v) is 4.07. The van der Waals surface area contributed by atoms with Gasteiger partial charge in [0, 0.05) is 11.4 Å². The predicted octanol–water partition coefficient (Wildman–Crippen LogP) is 2.55. The van der Waals surface area contributed by atoms with Crippen LogP contribution in [0.1, 0.15) is 10.0 Å². The summed E-state index contributed by atoms with van der Waals surface area (Å²) in [6, 6.07) is 10.4. The molecule has 2 rings (SSSR count). The second-order valence-electron chi connectivity index (χ2n) is 3.22. The third kappa shape index (κ3) is 3.30. The zero-order valence-corrected chi connectivity index (χ0v) is 10.6. The Morgan fingerprint density at radius 3 is 2.69 bits per heavy atom. The molecule has 0 aliphatic carbocycles. The van der Waals surface area contributed by atoms with Crippen molar-refractivity contribution in [2.24, 2.45) is 0 Å². The van der Waals surface area contributed by atoms with Crippen molar-refractivity contribution in [1.82, 2.24) is 15.5 Å². The second-order valence-corrected chi connectivity index (χ2v) is 5.42. The summed E-state index contributed by atoms with van der Waals surface area (Å²) in [6.45, 7) is 0.799. The van der Waals surface area contributed by atoms with Crippen LogP contribution in [-0.4, -0.2) is 17.2 Å². The molecule has 0 bridgehead atoms. The minimum atomic E-state index is 0.799. The average molecular weight is 251 g/mol. The van der Waals surface area contributed by atoms with E-state index in [1.54, 1.807) is 23.1 Å². The number of hydrogen-bond donors (Lipinski definition) is 1. The fraction of sp³-hybridized carbons (Fsp3) is 0.273. The van der Waals surface area contributed by atoms with E-state index >= 15 is 0 Å². The highest BCUT2D eigenvalue weighted by Crippen LogP contribution is 2.23. The van der Waals surface area contributed by atoms with Crippen LogP contribution < -0.4 is 5.32 Å². The van der Waals surface area contributed by atoms with Crippen molar-refractivity contribution in [3.05, 3.63) is 40.3 Å². The molecule has 3 nitrogen and oxygen atoms in total. The fourth-order valence-electron chi connectivity index (χ4n) is 1.23. The van der Waals surface area contributed by atoms with Gasteiger partial charge in [0.2, 0.25) is 0 Å². The van der Waals surface area contributed by atoms with E-state index in [1.807, 2.05) is 13.1 Å². The standard InChI is InChI=1S/C11H13N3S2/c1-12-7-10-13-14-11(16-10)8-15-9-5-3-2-4-6-9/h2-6,12H,7-8H2,1H3. The van der Waals surface area contributed by atoms with Gasteiger partial charge < -0.3 is 5.32 Å². The largest absolute Gasteiger partial charge is 0.313 e. The van der Waals surface area contributed by atoms with Gasteiger partial charge in [-0.15, -0.1) is 22.0 Å². The topological polar surface area (TPSA) is 37.8 Å². The average Bonchev–Trinajstić information content (AvgIpc) is 2.76. The maximum atomic E-state index is 4.16. The van der Waals surface area contributed by atoms with E-state index in [4.69, 9.17) is 0 Å². The lowest BCUT2D eigenvalue weighted by molar-refractivity contribution is 0.792. The molecular weight excluding hydrogens is 238 g/mol. The normalized spacial score (nSPS) is 10.6. The van der Waals surface area contributed by atoms with Crippen molar-refractivity contribution in [2.75, 3.05) is 7.05 Å². The SMILES string of the molecule is CNCc1nnc(CSc2ccccc2)s1. The van der Waals surface area contributed by atoms with E-state index in [1.165, 1.54) is 4.90 Å². The maximum absolute atomic E-state index is 4.16. The summed E-state index contributed by atoms with van der Waals surface area (Å²) in [5.41, 5.74) is 0. The van der Waals surface area contributed by atoms with Crippen LogP contribution in [0.25, 0.3) is 0 Å². The molecule has 16 heavy (non-hydrogen) atoms. The van der Waals surface area contributed by atoms with Gasteiger partial charge in [0.1, 0.15) is 10.0 Å². The molecule has 0 spiro atoms. The van der Waals surface area contributed by atoms with Gasteiger partial charge in [0.25, 0.3) is 0 Å². The van der Waals surface area contributed by atoms with Gasteiger partial charge in [-0.1, -0.05) is 29.5 Å². The van der Waals surface area contributed by atoms with Gasteiger partial charge in [-0.25, -0.2) is 0 Å². The highest BCUT2D eigenvalue weighted by molar-refractivity contribution is 7.98. The summed E-state index contributed by atoms with van der Waals surface area (Å²) in [5, 5.41) is 13.5. The van der Waals surface area contributed by atoms with Gasteiger partial charge in [0.15, 0.2) is 0 Å². The van der Waals surface area contributed by atoms with E-state index in [0.717, 1.165) is 22.3 Å². The van der Waals surface area contributed by atoms with Crippen LogP contribution in [0.3, 0.4) is 0 Å². The van der Waals surface area contributed by atoms with Crippen LogP contribution in [-0.2, 0) is 12.3 Å². The molecule has 1 heterocycles. The van der Waals surface area contributed by atoms with Crippen molar-refractivity contribution >= 4 is 23.1 Å². The van der Waals surface area contributed by atoms with Crippen molar-refractivity contribution in [1.29, 1.82) is 0 Å². The van der Waals surface area contributed by atoms with E-state index in [2.05, 4.69) is 39.8 Å². The Hall–Kier alpha value is -0.910. The summed E-state index contributed by atoms with van der Waals surface area (Å²) in [4.78, 5) is 1.27. The van der Waals surface area contributed by atoms with Crippen LogP contribution >= 0.6 is 23.1 Å². The molecule has 0 amide bonds. The summed E-state index contributed by atoms with van der Waals surface area (Å²) < 4.78 is 0. The third-order valence-electron chi connectivity index (χ3n) is 1.94. The molecule has 1 aromatic carbocycles. The first-order valence-electron chi connectivity index (χ1n) is 5.02. The van der Waals surface area contributed by atoms with E-state index < -0.39 is 0 Å². The second kappa shape index (κ2) is 5.98. The first-order chi connectivity index (χ1) is 7.88. The van der Waals surface area contributed by atoms with Crippen molar-refractivity contribution in [2.45, 2.75) is 17.2 Å². The fourth-order valence-corrected chi connectivity index (χ4v) is 2.99. The van der Waals surface area contributed by atoms with E-state index in [0.29, 0.717) is 0 Å². The molecule has 2 aromatic rings. The number of hydrogen-bond acceptors (Lipinski definition) is 5. The lowest BCUT2D eigenvalue weighted by Gasteiger charge is -1.96. The summed E-state index contributed by atoms with van der Waals surface area (Å²) in [7, 11) is 1.92. The Morgan fingerprint density at radius 1 is 1.19 bits per heavy atom. The molecule has 0 unspecified atom stereocenters. The monoisotopic (exact) mass is 251 g/mol. The van der Waals surface area contributed by atoms with Crippen LogP contribution in [0.2, 0.25) is 0 Å². The Labute approximate surface area is 103 Å². The summed E-state index contributed by atoms with van der Waals surface area (Å²) >= 11 is 3.46. The highest BCUT2D eigenvalue weighted by Gasteiger charge is 2.03. The molecular formula is C11H13N3S2. The van der Waals surface area contributed by atoms with Crippen molar-refractivity contribution < 1.29 is 0 Å². The highest BCUT2D eigenvalue weighted by atomic mass is 32.2. The molecule has 0 saturated carbocycles. The van der Waals surface area contributed by atoms with Crippen molar-refractivity contribution in [3.63, 3.8) is 0 Å². The van der Waals surface area contributed by atoms with Crippen LogP contribution in [0.15, 0.2) is 35.2 Å². The zero-order valence-electron chi connectivity index (χ0n) is 9.01. The van der Waals surface area contributed by atoms with Gasteiger partial charge in [0.05, 0.1) is 5.75 Å². The van der Waals surface area contributed by atoms with Gasteiger partial charge in [-0.05, 0) is 19.2 Å². The molecule has 0 fully saturated rings. The Balaban J connectivity index is 1.89. The lowest BCUT2D eigenvalue weighted by Crippen LogP contribution is -2.04. The number of nitrogens with one attached hydrogen (secondary N) is 1. The summed E-state index contributed by atoms with van der Waals surface area (Å²) in [5.74, 6) is 0.894. The van der Waals surface area contributed by atoms with Crippen molar-refractivity contribution in [3.8, 4) is 0 Å². The minimum absolute atomic E-state index is 0.799. The zero-order chi connectivity index (χ0) is 11.2. The smallest absolute Gasteiger partial charge is 0.131 e.